The van der Waals surface area contributed by atoms with Crippen LogP contribution in [0, 0.1) is 17.8 Å². The highest BCUT2D eigenvalue weighted by Gasteiger charge is 2.25. The fourth-order valence-electron chi connectivity index (χ4n) is 6.18. The van der Waals surface area contributed by atoms with E-state index in [4.69, 9.17) is 9.47 Å². The molecule has 9 heteroatoms. The van der Waals surface area contributed by atoms with Crippen molar-refractivity contribution < 1.29 is 44.6 Å². The van der Waals surface area contributed by atoms with Crippen LogP contribution in [0.5, 0.6) is 0 Å². The van der Waals surface area contributed by atoms with E-state index in [-0.39, 0.29) is 48.8 Å². The molecular formula is C43H68O9. The van der Waals surface area contributed by atoms with Crippen molar-refractivity contribution in [3.8, 4) is 0 Å². The zero-order chi connectivity index (χ0) is 39.4. The zero-order valence-corrected chi connectivity index (χ0v) is 33.1. The lowest BCUT2D eigenvalue weighted by atomic mass is 9.90. The first-order chi connectivity index (χ1) is 24.4. The van der Waals surface area contributed by atoms with Gasteiger partial charge in [0.05, 0.1) is 30.5 Å². The molecule has 1 aliphatic heterocycles. The number of aliphatic hydroxyl groups excluding tert-OH is 5. The molecule has 0 aromatic heterocycles. The maximum Gasteiger partial charge on any atom is 0.331 e. The minimum Gasteiger partial charge on any atom is -0.462 e. The molecule has 0 amide bonds. The first kappa shape index (κ1) is 46.9. The van der Waals surface area contributed by atoms with Crippen molar-refractivity contribution in [1.29, 1.82) is 0 Å². The first-order valence-corrected chi connectivity index (χ1v) is 18.9. The summed E-state index contributed by atoms with van der Waals surface area (Å²) in [5, 5.41) is 49.4. The van der Waals surface area contributed by atoms with Crippen LogP contribution in [-0.4, -0.2) is 80.2 Å². The van der Waals surface area contributed by atoms with E-state index in [0.29, 0.717) is 25.7 Å². The van der Waals surface area contributed by atoms with E-state index >= 15 is 0 Å². The summed E-state index contributed by atoms with van der Waals surface area (Å²) in [5.41, 5.74) is 3.68. The van der Waals surface area contributed by atoms with E-state index in [9.17, 15) is 35.1 Å². The van der Waals surface area contributed by atoms with Gasteiger partial charge in [-0.1, -0.05) is 97.7 Å². The van der Waals surface area contributed by atoms with Gasteiger partial charge >= 0.3 is 11.9 Å². The topological polar surface area (TPSA) is 154 Å². The molecule has 0 spiro atoms. The second kappa shape index (κ2) is 25.0. The molecule has 1 heterocycles. The molecule has 1 aliphatic rings. The maximum absolute atomic E-state index is 12.9. The van der Waals surface area contributed by atoms with Crippen molar-refractivity contribution >= 4 is 11.9 Å². The fourth-order valence-corrected chi connectivity index (χ4v) is 6.18. The minimum atomic E-state index is -1.07. The quantitative estimate of drug-likeness (QED) is 0.0455. The Morgan fingerprint density at radius 2 is 1.50 bits per heavy atom. The number of carbonyl (C=O) groups excluding carboxylic acids is 2. The molecule has 0 unspecified atom stereocenters. The molecule has 0 saturated heterocycles. The lowest BCUT2D eigenvalue weighted by molar-refractivity contribution is -0.151. The molecule has 0 bridgehead atoms. The number of carbonyl (C=O) groups is 2. The molecule has 0 aliphatic carbocycles. The average molecular weight is 729 g/mol. The van der Waals surface area contributed by atoms with Crippen LogP contribution < -0.4 is 0 Å². The maximum atomic E-state index is 12.9. The number of hydrogen-bond donors (Lipinski definition) is 5. The Hall–Kier alpha value is -3.08. The highest BCUT2D eigenvalue weighted by Crippen LogP contribution is 2.26. The lowest BCUT2D eigenvalue weighted by Gasteiger charge is -2.26. The van der Waals surface area contributed by atoms with Crippen LogP contribution >= 0.6 is 0 Å². The Morgan fingerprint density at radius 3 is 2.15 bits per heavy atom. The van der Waals surface area contributed by atoms with Gasteiger partial charge in [-0.15, -0.1) is 0 Å². The number of ether oxygens (including phenoxy) is 2. The number of cyclic esters (lactones) is 1. The van der Waals surface area contributed by atoms with E-state index < -0.39 is 36.5 Å². The fraction of sp³-hybridized carbons (Fsp3) is 0.628. The third kappa shape index (κ3) is 20.8. The van der Waals surface area contributed by atoms with Crippen LogP contribution in [0.3, 0.4) is 0 Å². The van der Waals surface area contributed by atoms with Gasteiger partial charge in [0.25, 0.3) is 0 Å². The van der Waals surface area contributed by atoms with E-state index in [1.54, 1.807) is 26.0 Å². The third-order valence-corrected chi connectivity index (χ3v) is 9.18. The van der Waals surface area contributed by atoms with Gasteiger partial charge in [-0.2, -0.15) is 0 Å². The summed E-state index contributed by atoms with van der Waals surface area (Å²) in [6, 6.07) is 0. The Morgan fingerprint density at radius 1 is 0.865 bits per heavy atom. The Kier molecular flexibility index (Phi) is 22.6. The van der Waals surface area contributed by atoms with Crippen molar-refractivity contribution in [1.82, 2.24) is 0 Å². The predicted molar refractivity (Wildman–Crippen MR) is 208 cm³/mol. The Labute approximate surface area is 313 Å². The molecule has 9 nitrogen and oxygen atoms in total. The number of hydrogen-bond acceptors (Lipinski definition) is 9. The molecule has 52 heavy (non-hydrogen) atoms. The SMILES string of the molecule is CC(=C\C=C\C(C)=C\[C@H](O)[C@@H](O)C[C@H](C)O)/C=C(C)/C=C/C(=O)O[C@H]1CCCC(=O)O[C@@H]([C@@H](C)C/C(C)=C/[C@@H](C)[C@H](O)C[C@@H](C)O)C/C=C\C[C@@H]1C. The monoisotopic (exact) mass is 728 g/mol. The van der Waals surface area contributed by atoms with E-state index in [1.807, 2.05) is 71.1 Å². The Balaban J connectivity index is 2.79. The molecule has 0 aromatic rings. The smallest absolute Gasteiger partial charge is 0.331 e. The van der Waals surface area contributed by atoms with Crippen LogP contribution in [0.1, 0.15) is 114 Å². The normalized spacial score (nSPS) is 25.3. The summed E-state index contributed by atoms with van der Waals surface area (Å²) in [4.78, 5) is 25.7. The summed E-state index contributed by atoms with van der Waals surface area (Å²) in [5.74, 6) is -0.652. The number of rotatable bonds is 17. The highest BCUT2D eigenvalue weighted by atomic mass is 16.5. The summed E-state index contributed by atoms with van der Waals surface area (Å²) >= 11 is 0. The Bertz CT molecular complexity index is 1300. The van der Waals surface area contributed by atoms with Gasteiger partial charge < -0.3 is 35.0 Å². The second-order valence-corrected chi connectivity index (χ2v) is 15.1. The summed E-state index contributed by atoms with van der Waals surface area (Å²) in [6.45, 7) is 17.0. The van der Waals surface area contributed by atoms with Crippen molar-refractivity contribution in [3.05, 3.63) is 83.1 Å². The van der Waals surface area contributed by atoms with Gasteiger partial charge in [-0.25, -0.2) is 4.79 Å². The largest absolute Gasteiger partial charge is 0.462 e. The molecule has 1 rings (SSSR count). The summed E-state index contributed by atoms with van der Waals surface area (Å²) < 4.78 is 11.8. The molecule has 0 fully saturated rings. The highest BCUT2D eigenvalue weighted by molar-refractivity contribution is 5.82. The van der Waals surface area contributed by atoms with Crippen LogP contribution in [-0.2, 0) is 19.1 Å². The van der Waals surface area contributed by atoms with Crippen LogP contribution in [0.4, 0.5) is 0 Å². The third-order valence-electron chi connectivity index (χ3n) is 9.18. The molecule has 0 saturated carbocycles. The van der Waals surface area contributed by atoms with Gasteiger partial charge in [0.15, 0.2) is 0 Å². The van der Waals surface area contributed by atoms with Gasteiger partial charge in [-0.05, 0) is 85.5 Å². The van der Waals surface area contributed by atoms with Gasteiger partial charge in [0.2, 0.25) is 0 Å². The lowest BCUT2D eigenvalue weighted by Crippen LogP contribution is -2.27. The van der Waals surface area contributed by atoms with Crippen LogP contribution in [0.15, 0.2) is 83.1 Å². The molecule has 294 valence electrons. The zero-order valence-electron chi connectivity index (χ0n) is 33.1. The van der Waals surface area contributed by atoms with Crippen molar-refractivity contribution in [3.63, 3.8) is 0 Å². The molecular weight excluding hydrogens is 660 g/mol. The van der Waals surface area contributed by atoms with E-state index in [0.717, 1.165) is 35.1 Å². The van der Waals surface area contributed by atoms with E-state index in [2.05, 4.69) is 19.9 Å². The molecule has 0 aromatic carbocycles. The van der Waals surface area contributed by atoms with Crippen LogP contribution in [0.2, 0.25) is 0 Å². The van der Waals surface area contributed by atoms with Crippen molar-refractivity contribution in [2.45, 2.75) is 156 Å². The average Bonchev–Trinajstić information content (AvgIpc) is 3.03. The molecule has 5 N–H and O–H groups in total. The molecule has 0 radical (unpaired) electrons. The van der Waals surface area contributed by atoms with Crippen LogP contribution in [0.25, 0.3) is 0 Å². The number of esters is 2. The molecule has 10 atom stereocenters. The summed E-state index contributed by atoms with van der Waals surface area (Å²) in [7, 11) is 0. The standard InChI is InChI=1S/C43H68O9/c1-28(14-12-15-29(2)25-38(47)39(48)27-36(9)45)22-30(3)20-21-43(50)51-40-18-13-19-42(49)52-41(17-11-10-16-32(40)5)34(7)24-31(4)23-33(6)37(46)26-35(8)44/h10-12,14-15,20-23,25,32-41,44-48H,13,16-19,24,26-27H2,1-9H3/b11-10-,15-12+,21-20+,28-14+,29-25+,30-22+,31-23+/t32-,33+,34-,35+,36-,37+,38-,39-,40-,41+/m0/s1. The number of allylic oxidation sites excluding steroid dienone is 10. The van der Waals surface area contributed by atoms with Gasteiger partial charge in [-0.3, -0.25) is 4.79 Å². The summed E-state index contributed by atoms with van der Waals surface area (Å²) in [6.07, 6.45) is 17.5. The number of aliphatic hydroxyl groups is 5. The first-order valence-electron chi connectivity index (χ1n) is 18.9. The van der Waals surface area contributed by atoms with Crippen molar-refractivity contribution in [2.75, 3.05) is 0 Å². The van der Waals surface area contributed by atoms with Gasteiger partial charge in [0, 0.05) is 31.3 Å². The predicted octanol–water partition coefficient (Wildman–Crippen LogP) is 7.15. The van der Waals surface area contributed by atoms with Gasteiger partial charge in [0.1, 0.15) is 12.2 Å². The second-order valence-electron chi connectivity index (χ2n) is 15.1. The van der Waals surface area contributed by atoms with E-state index in [1.165, 1.54) is 6.08 Å². The van der Waals surface area contributed by atoms with Crippen molar-refractivity contribution in [2.24, 2.45) is 17.8 Å². The minimum absolute atomic E-state index is 0.0633.